The molecule has 1 aliphatic rings. The van der Waals surface area contributed by atoms with Crippen molar-refractivity contribution in [3.8, 4) is 5.75 Å². The molecule has 5 N–H and O–H groups in total. The Morgan fingerprint density at radius 2 is 1.27 bits per heavy atom. The van der Waals surface area contributed by atoms with E-state index in [1.807, 2.05) is 17.0 Å². The second-order valence-corrected chi connectivity index (χ2v) is 11.1. The second-order valence-electron chi connectivity index (χ2n) is 11.1. The summed E-state index contributed by atoms with van der Waals surface area (Å²) in [6.07, 6.45) is 1.22. The Labute approximate surface area is 273 Å². The van der Waals surface area contributed by atoms with Gasteiger partial charge in [0.05, 0.1) is 19.6 Å². The van der Waals surface area contributed by atoms with Crippen molar-refractivity contribution in [2.45, 2.75) is 25.3 Å². The summed E-state index contributed by atoms with van der Waals surface area (Å²) in [7, 11) is 4.04. The van der Waals surface area contributed by atoms with Gasteiger partial charge in [-0.05, 0) is 61.3 Å². The predicted octanol–water partition coefficient (Wildman–Crippen LogP) is 1.14. The van der Waals surface area contributed by atoms with Crippen LogP contribution in [0.1, 0.15) is 17.5 Å². The van der Waals surface area contributed by atoms with E-state index >= 15 is 0 Å². The number of carboxylic acid groups (broad SMARTS) is 3. The van der Waals surface area contributed by atoms with Crippen LogP contribution in [0, 0.1) is 7.05 Å². The molecule has 0 aromatic heterocycles. The Morgan fingerprint density at radius 1 is 0.733 bits per heavy atom. The van der Waals surface area contributed by atoms with E-state index in [1.165, 1.54) is 0 Å². The van der Waals surface area contributed by atoms with Gasteiger partial charge < -0.3 is 30.6 Å². The quantitative estimate of drug-likeness (QED) is 0.204. The van der Waals surface area contributed by atoms with Gasteiger partial charge in [0.2, 0.25) is 5.91 Å². The smallest absolute Gasteiger partial charge is 0.317 e. The Morgan fingerprint density at radius 3 is 1.89 bits per heavy atom. The first-order chi connectivity index (χ1) is 21.0. The number of phenols is 1. The van der Waals surface area contributed by atoms with E-state index in [0.29, 0.717) is 57.8 Å². The number of aromatic hydroxyl groups is 1. The number of anilines is 1. The first-order valence-corrected chi connectivity index (χ1v) is 14.5. The van der Waals surface area contributed by atoms with Crippen molar-refractivity contribution in [1.82, 2.24) is 19.6 Å². The van der Waals surface area contributed by atoms with E-state index in [0.717, 1.165) is 11.1 Å². The molecule has 1 saturated heterocycles. The summed E-state index contributed by atoms with van der Waals surface area (Å²) >= 11 is 0. The second kappa shape index (κ2) is 19.1. The number of phenolic OH excluding ortho intramolecular Hbond substituents is 1. The molecule has 3 rings (SSSR count). The van der Waals surface area contributed by atoms with Gasteiger partial charge in [0.15, 0.2) is 0 Å². The van der Waals surface area contributed by atoms with Crippen LogP contribution in [0.25, 0.3) is 0 Å². The first kappa shape index (κ1) is 37.7. The van der Waals surface area contributed by atoms with Crippen LogP contribution >= 0.6 is 0 Å². The fraction of sp³-hybridized carbons (Fsp3) is 0.452. The number of nitrogens with zero attached hydrogens (tertiary/aromatic N) is 4. The third-order valence-electron chi connectivity index (χ3n) is 7.50. The molecule has 14 heteroatoms. The molecule has 1 radical (unpaired) electrons. The summed E-state index contributed by atoms with van der Waals surface area (Å²) in [5.74, 6) is -2.99. The van der Waals surface area contributed by atoms with Crippen LogP contribution in [-0.4, -0.2) is 135 Å². The topological polar surface area (TPSA) is 174 Å². The summed E-state index contributed by atoms with van der Waals surface area (Å²) in [5.41, 5.74) is 2.43. The molecule has 1 unspecified atom stereocenters. The van der Waals surface area contributed by atoms with Gasteiger partial charge in [-0.25, -0.2) is 0 Å². The molecule has 1 fully saturated rings. The molecule has 0 bridgehead atoms. The van der Waals surface area contributed by atoms with Crippen LogP contribution in [0.4, 0.5) is 5.69 Å². The van der Waals surface area contributed by atoms with Crippen LogP contribution in [0.15, 0.2) is 48.5 Å². The van der Waals surface area contributed by atoms with Crippen molar-refractivity contribution in [3.63, 3.8) is 0 Å². The molecule has 2 aromatic carbocycles. The maximum Gasteiger partial charge on any atom is 0.317 e. The minimum atomic E-state index is -1.03. The number of amides is 1. The number of carboxylic acids is 3. The Kier molecular flexibility index (Phi) is 16.0. The van der Waals surface area contributed by atoms with Gasteiger partial charge in [0, 0.05) is 67.7 Å². The number of aryl methyl sites for hydroxylation is 1. The third-order valence-corrected chi connectivity index (χ3v) is 7.50. The number of benzene rings is 2. The summed E-state index contributed by atoms with van der Waals surface area (Å²) in [6, 6.07) is 13.6. The Bertz CT molecular complexity index is 1250. The third kappa shape index (κ3) is 14.4. The molecular weight excluding hydrogens is 629 g/mol. The van der Waals surface area contributed by atoms with E-state index in [2.05, 4.69) is 12.4 Å². The molecule has 1 heterocycles. The molecule has 13 nitrogen and oxygen atoms in total. The van der Waals surface area contributed by atoms with Crippen LogP contribution in [-0.2, 0) is 48.8 Å². The van der Waals surface area contributed by atoms with Gasteiger partial charge in [-0.1, -0.05) is 24.3 Å². The number of carbonyl (C=O) groups is 4. The number of rotatable bonds is 12. The predicted molar refractivity (Wildman–Crippen MR) is 163 cm³/mol. The van der Waals surface area contributed by atoms with Gasteiger partial charge in [-0.3, -0.25) is 40.9 Å². The molecule has 1 atom stereocenters. The molecule has 1 aliphatic heterocycles. The van der Waals surface area contributed by atoms with Crippen molar-refractivity contribution in [1.29, 1.82) is 0 Å². The number of hydrogen-bond acceptors (Lipinski definition) is 9. The number of carbonyl (C=O) groups excluding carboxylic acids is 1. The van der Waals surface area contributed by atoms with Crippen molar-refractivity contribution in [2.24, 2.45) is 0 Å². The summed E-state index contributed by atoms with van der Waals surface area (Å²) in [5, 5.41) is 40.9. The molecule has 0 aliphatic carbocycles. The molecule has 0 spiro atoms. The molecule has 0 saturated carbocycles. The monoisotopic (exact) mass is 671 g/mol. The molecular formula is C31H42CoN5O8-. The van der Waals surface area contributed by atoms with Crippen LogP contribution in [0.5, 0.6) is 5.75 Å². The zero-order valence-corrected chi connectivity index (χ0v) is 26.2. The molecule has 2 aromatic rings. The van der Waals surface area contributed by atoms with E-state index in [1.54, 1.807) is 51.1 Å². The van der Waals surface area contributed by atoms with Crippen molar-refractivity contribution >= 4 is 29.5 Å². The summed E-state index contributed by atoms with van der Waals surface area (Å²) in [6.45, 7) is 1.92. The van der Waals surface area contributed by atoms with E-state index in [4.69, 9.17) is 0 Å². The van der Waals surface area contributed by atoms with Crippen LogP contribution < -0.4 is 5.32 Å². The Balaban J connectivity index is 0.00000705. The molecule has 249 valence electrons. The first-order valence-electron chi connectivity index (χ1n) is 14.5. The summed E-state index contributed by atoms with van der Waals surface area (Å²) in [4.78, 5) is 54.5. The van der Waals surface area contributed by atoms with Gasteiger partial charge >= 0.3 is 17.9 Å². The van der Waals surface area contributed by atoms with Crippen molar-refractivity contribution < 1.29 is 56.4 Å². The average molecular weight is 672 g/mol. The van der Waals surface area contributed by atoms with Crippen molar-refractivity contribution in [2.75, 3.05) is 70.8 Å². The number of aliphatic carboxylic acids is 3. The number of nitrogens with one attached hydrogen (secondary N) is 1. The largest absolute Gasteiger partial charge is 0.508 e. The minimum Gasteiger partial charge on any atom is -0.508 e. The van der Waals surface area contributed by atoms with Gasteiger partial charge in [0.1, 0.15) is 5.75 Å². The zero-order valence-electron chi connectivity index (χ0n) is 25.1. The normalized spacial score (nSPS) is 17.8. The molecule has 45 heavy (non-hydrogen) atoms. The van der Waals surface area contributed by atoms with E-state index in [-0.39, 0.29) is 67.1 Å². The fourth-order valence-corrected chi connectivity index (χ4v) is 5.15. The van der Waals surface area contributed by atoms with E-state index in [9.17, 15) is 39.6 Å². The molecule has 1 amide bonds. The Hall–Kier alpha value is -3.53. The average Bonchev–Trinajstić information content (AvgIpc) is 2.95. The van der Waals surface area contributed by atoms with Gasteiger partial charge in [0.25, 0.3) is 0 Å². The maximum atomic E-state index is 12.5. The number of hydrogen-bond donors (Lipinski definition) is 5. The zero-order chi connectivity index (χ0) is 32.1. The minimum absolute atomic E-state index is 0. The van der Waals surface area contributed by atoms with Gasteiger partial charge in [-0.2, -0.15) is 0 Å². The van der Waals surface area contributed by atoms with E-state index < -0.39 is 17.9 Å². The standard InChI is InChI=1S/C31H42N5O8.Co/c1-33-12-14-34(20-29(39)40)15-16-35(21-30(41)42)19-26(36(17-13-33)22-31(43)44)18-24-2-7-25(8-3-24)32-28(38)11-6-23-4-9-27(37)10-5-23;/h2-5,7-10,26,37H,1,6,11-22H2,(H,32,38)(H,39,40)(H,41,42)(H,43,44);/q-1;. The summed E-state index contributed by atoms with van der Waals surface area (Å²) < 4.78 is 0. The van der Waals surface area contributed by atoms with Crippen LogP contribution in [0.2, 0.25) is 0 Å². The fourth-order valence-electron chi connectivity index (χ4n) is 5.15. The van der Waals surface area contributed by atoms with Crippen LogP contribution in [0.3, 0.4) is 0 Å². The van der Waals surface area contributed by atoms with Gasteiger partial charge in [-0.15, -0.1) is 0 Å². The van der Waals surface area contributed by atoms with Crippen molar-refractivity contribution in [3.05, 3.63) is 66.7 Å². The SMILES string of the molecule is [CH2-]N1CCN(CC(=O)O)CCN(CC(=O)O)CC(Cc2ccc(NC(=O)CCc3ccc(O)cc3)cc2)N(CC(=O)O)CC1.[Co]. The maximum absolute atomic E-state index is 12.5.